The first-order valence-electron chi connectivity index (χ1n) is 8.13. The van der Waals surface area contributed by atoms with Crippen molar-refractivity contribution >= 4 is 49.2 Å². The predicted octanol–water partition coefficient (Wildman–Crippen LogP) is 4.25. The Morgan fingerprint density at radius 3 is 2.65 bits per heavy atom. The lowest BCUT2D eigenvalue weighted by molar-refractivity contribution is -0.116. The Kier molecular flexibility index (Phi) is 5.85. The summed E-state index contributed by atoms with van der Waals surface area (Å²) >= 11 is 2.64. The number of nitrogens with zero attached hydrogens (tertiary/aromatic N) is 1. The maximum Gasteiger partial charge on any atom is 0.348 e. The molecule has 0 radical (unpaired) electrons. The molecule has 6 nitrogen and oxygen atoms in total. The Hall–Kier alpha value is -2.45. The van der Waals surface area contributed by atoms with Gasteiger partial charge in [0.2, 0.25) is 5.91 Å². The van der Waals surface area contributed by atoms with Gasteiger partial charge in [-0.25, -0.2) is 9.78 Å². The molecule has 0 aliphatic carbocycles. The standard InChI is InChI=1S/C18H18N2O4S2/c1-3-23-17(22)15-11(2)14-16(25-15)20-18(26-14)19-13(21)9-10-24-12-7-5-4-6-8-12/h4-8H,3,9-10H2,1-2H3,(H,19,20,21). The Morgan fingerprint density at radius 2 is 1.96 bits per heavy atom. The van der Waals surface area contributed by atoms with Crippen LogP contribution in [0.4, 0.5) is 5.13 Å². The van der Waals surface area contributed by atoms with E-state index in [1.54, 1.807) is 6.92 Å². The van der Waals surface area contributed by atoms with Crippen molar-refractivity contribution in [3.63, 3.8) is 0 Å². The number of thiophene rings is 1. The highest BCUT2D eigenvalue weighted by molar-refractivity contribution is 7.30. The number of thiazole rings is 1. The van der Waals surface area contributed by atoms with Gasteiger partial charge in [0.05, 0.1) is 24.3 Å². The highest BCUT2D eigenvalue weighted by Gasteiger charge is 2.20. The molecule has 0 unspecified atom stereocenters. The van der Waals surface area contributed by atoms with Gasteiger partial charge in [-0.2, -0.15) is 0 Å². The maximum absolute atomic E-state index is 12.1. The van der Waals surface area contributed by atoms with Crippen LogP contribution in [0.1, 0.15) is 28.6 Å². The van der Waals surface area contributed by atoms with Gasteiger partial charge in [-0.1, -0.05) is 29.5 Å². The molecule has 0 aliphatic rings. The summed E-state index contributed by atoms with van der Waals surface area (Å²) in [5, 5.41) is 3.31. The summed E-state index contributed by atoms with van der Waals surface area (Å²) in [6, 6.07) is 9.35. The number of hydrogen-bond donors (Lipinski definition) is 1. The van der Waals surface area contributed by atoms with Crippen LogP contribution in [0.15, 0.2) is 30.3 Å². The van der Waals surface area contributed by atoms with Crippen LogP contribution in [0.25, 0.3) is 9.53 Å². The van der Waals surface area contributed by atoms with Gasteiger partial charge >= 0.3 is 5.97 Å². The van der Waals surface area contributed by atoms with E-state index in [-0.39, 0.29) is 18.3 Å². The van der Waals surface area contributed by atoms with Gasteiger partial charge in [0.25, 0.3) is 0 Å². The van der Waals surface area contributed by atoms with Crippen molar-refractivity contribution in [1.82, 2.24) is 4.98 Å². The van der Waals surface area contributed by atoms with E-state index < -0.39 is 0 Å². The Bertz CT molecular complexity index is 918. The highest BCUT2D eigenvalue weighted by atomic mass is 32.1. The fourth-order valence-corrected chi connectivity index (χ4v) is 4.52. The van der Waals surface area contributed by atoms with Crippen LogP contribution in [0, 0.1) is 6.92 Å². The monoisotopic (exact) mass is 390 g/mol. The van der Waals surface area contributed by atoms with Crippen molar-refractivity contribution in [1.29, 1.82) is 0 Å². The first-order valence-corrected chi connectivity index (χ1v) is 9.76. The third kappa shape index (κ3) is 4.20. The quantitative estimate of drug-likeness (QED) is 0.610. The van der Waals surface area contributed by atoms with E-state index >= 15 is 0 Å². The minimum absolute atomic E-state index is 0.161. The number of para-hydroxylation sites is 1. The Morgan fingerprint density at radius 1 is 1.19 bits per heavy atom. The molecular weight excluding hydrogens is 372 g/mol. The van der Waals surface area contributed by atoms with E-state index in [1.807, 2.05) is 37.3 Å². The summed E-state index contributed by atoms with van der Waals surface area (Å²) in [4.78, 5) is 29.7. The molecule has 0 fully saturated rings. The molecule has 0 aliphatic heterocycles. The largest absolute Gasteiger partial charge is 0.493 e. The van der Waals surface area contributed by atoms with Gasteiger partial charge in [-0.05, 0) is 31.5 Å². The van der Waals surface area contributed by atoms with Crippen molar-refractivity contribution in [2.75, 3.05) is 18.5 Å². The number of hydrogen-bond acceptors (Lipinski definition) is 7. The molecule has 1 N–H and O–H groups in total. The van der Waals surface area contributed by atoms with Crippen LogP contribution in [0.3, 0.4) is 0 Å². The Balaban J connectivity index is 1.58. The smallest absolute Gasteiger partial charge is 0.348 e. The fraction of sp³-hybridized carbons (Fsp3) is 0.278. The molecule has 8 heteroatoms. The topological polar surface area (TPSA) is 77.5 Å². The minimum Gasteiger partial charge on any atom is -0.493 e. The van der Waals surface area contributed by atoms with Crippen LogP contribution in [0.5, 0.6) is 5.75 Å². The first kappa shape index (κ1) is 18.3. The first-order chi connectivity index (χ1) is 12.6. The molecule has 0 saturated heterocycles. The molecule has 26 heavy (non-hydrogen) atoms. The lowest BCUT2D eigenvalue weighted by atomic mass is 10.3. The molecule has 0 saturated carbocycles. The van der Waals surface area contributed by atoms with Gasteiger partial charge in [0.1, 0.15) is 15.5 Å². The molecule has 0 atom stereocenters. The molecule has 2 aromatic heterocycles. The normalized spacial score (nSPS) is 10.7. The summed E-state index contributed by atoms with van der Waals surface area (Å²) in [5.41, 5.74) is 0.842. The van der Waals surface area contributed by atoms with Gasteiger partial charge in [0.15, 0.2) is 5.13 Å². The molecular formula is C18H18N2O4S2. The predicted molar refractivity (Wildman–Crippen MR) is 103 cm³/mol. The number of rotatable bonds is 7. The lowest BCUT2D eigenvalue weighted by Crippen LogP contribution is -2.15. The van der Waals surface area contributed by atoms with Gasteiger partial charge < -0.3 is 14.8 Å². The molecule has 1 aromatic carbocycles. The van der Waals surface area contributed by atoms with Gasteiger partial charge in [-0.3, -0.25) is 4.79 Å². The van der Waals surface area contributed by atoms with Crippen molar-refractivity contribution in [2.45, 2.75) is 20.3 Å². The number of esters is 1. The van der Waals surface area contributed by atoms with Crippen molar-refractivity contribution in [3.05, 3.63) is 40.8 Å². The number of aromatic nitrogens is 1. The molecule has 3 aromatic rings. The fourth-order valence-electron chi connectivity index (χ4n) is 2.29. The number of benzene rings is 1. The number of amides is 1. The number of fused-ring (bicyclic) bond motifs is 1. The zero-order valence-corrected chi connectivity index (χ0v) is 16.0. The average Bonchev–Trinajstić information content (AvgIpc) is 3.15. The zero-order valence-electron chi connectivity index (χ0n) is 14.4. The lowest BCUT2D eigenvalue weighted by Gasteiger charge is -2.05. The summed E-state index contributed by atoms with van der Waals surface area (Å²) in [6.07, 6.45) is 0.231. The summed E-state index contributed by atoms with van der Waals surface area (Å²) in [5.74, 6) is 0.242. The summed E-state index contributed by atoms with van der Waals surface area (Å²) in [7, 11) is 0. The van der Waals surface area contributed by atoms with Crippen molar-refractivity contribution in [3.8, 4) is 5.75 Å². The van der Waals surface area contributed by atoms with E-state index in [9.17, 15) is 9.59 Å². The van der Waals surface area contributed by atoms with E-state index in [4.69, 9.17) is 9.47 Å². The maximum atomic E-state index is 12.1. The molecule has 0 bridgehead atoms. The van der Waals surface area contributed by atoms with Gasteiger partial charge in [0, 0.05) is 0 Å². The molecule has 1 amide bonds. The second kappa shape index (κ2) is 8.29. The minimum atomic E-state index is -0.330. The third-order valence-corrected chi connectivity index (χ3v) is 5.91. The average molecular weight is 390 g/mol. The van der Waals surface area contributed by atoms with Crippen molar-refractivity contribution in [2.24, 2.45) is 0 Å². The van der Waals surface area contributed by atoms with Crippen LogP contribution in [-0.4, -0.2) is 30.1 Å². The second-order valence-electron chi connectivity index (χ2n) is 5.39. The zero-order chi connectivity index (χ0) is 18.5. The molecule has 3 rings (SSSR count). The van der Waals surface area contributed by atoms with E-state index in [2.05, 4.69) is 10.3 Å². The number of aryl methyl sites for hydroxylation is 1. The van der Waals surface area contributed by atoms with E-state index in [0.717, 1.165) is 20.8 Å². The number of carbonyl (C=O) groups excluding carboxylic acids is 2. The number of nitrogens with one attached hydrogen (secondary N) is 1. The third-order valence-electron chi connectivity index (χ3n) is 3.52. The SMILES string of the molecule is CCOC(=O)c1sc2nc(NC(=O)CCOc3ccccc3)sc2c1C. The number of anilines is 1. The molecule has 2 heterocycles. The number of carbonyl (C=O) groups is 2. The molecule has 0 spiro atoms. The van der Waals surface area contributed by atoms with Crippen molar-refractivity contribution < 1.29 is 19.1 Å². The molecule has 136 valence electrons. The summed E-state index contributed by atoms with van der Waals surface area (Å²) in [6.45, 7) is 4.27. The van der Waals surface area contributed by atoms with Gasteiger partial charge in [-0.15, -0.1) is 11.3 Å². The van der Waals surface area contributed by atoms with E-state index in [1.165, 1.54) is 22.7 Å². The second-order valence-corrected chi connectivity index (χ2v) is 7.39. The van der Waals surface area contributed by atoms with Crippen LogP contribution < -0.4 is 10.1 Å². The summed E-state index contributed by atoms with van der Waals surface area (Å²) < 4.78 is 11.5. The van der Waals surface area contributed by atoms with E-state index in [0.29, 0.717) is 23.2 Å². The Labute approximate surface area is 158 Å². The highest BCUT2D eigenvalue weighted by Crippen LogP contribution is 2.37. The van der Waals surface area contributed by atoms with Crippen LogP contribution in [0.2, 0.25) is 0 Å². The number of ether oxygens (including phenoxy) is 2. The van der Waals surface area contributed by atoms with Crippen LogP contribution in [-0.2, 0) is 9.53 Å². The van der Waals surface area contributed by atoms with Crippen LogP contribution >= 0.6 is 22.7 Å².